The lowest BCUT2D eigenvalue weighted by Crippen LogP contribution is -2.30. The first-order chi connectivity index (χ1) is 8.22. The summed E-state index contributed by atoms with van der Waals surface area (Å²) in [7, 11) is 1.71. The molecule has 0 saturated carbocycles. The monoisotopic (exact) mass is 257 g/mol. The maximum Gasteiger partial charge on any atom is 0.121 e. The standard InChI is InChI=1S/C13H20ClNO2/c1-11(10-15-7-4-8-16-2)17-13-6-3-5-12(14)9-13/h3,5-6,9,11,15H,4,7-8,10H2,1-2H3. The molecule has 0 aliphatic carbocycles. The van der Waals surface area contributed by atoms with Crippen molar-refractivity contribution in [3.63, 3.8) is 0 Å². The van der Waals surface area contributed by atoms with Crippen molar-refractivity contribution >= 4 is 11.6 Å². The van der Waals surface area contributed by atoms with Crippen LogP contribution in [-0.2, 0) is 4.74 Å². The Morgan fingerprint density at radius 1 is 1.41 bits per heavy atom. The fourth-order valence-electron chi connectivity index (χ4n) is 1.46. The summed E-state index contributed by atoms with van der Waals surface area (Å²) in [5.41, 5.74) is 0. The van der Waals surface area contributed by atoms with Crippen LogP contribution >= 0.6 is 11.6 Å². The highest BCUT2D eigenvalue weighted by atomic mass is 35.5. The Hall–Kier alpha value is -0.770. The van der Waals surface area contributed by atoms with E-state index in [2.05, 4.69) is 5.32 Å². The van der Waals surface area contributed by atoms with Gasteiger partial charge in [0.1, 0.15) is 11.9 Å². The zero-order chi connectivity index (χ0) is 12.5. The summed E-state index contributed by atoms with van der Waals surface area (Å²) in [4.78, 5) is 0. The molecule has 1 unspecified atom stereocenters. The van der Waals surface area contributed by atoms with Crippen LogP contribution in [0.15, 0.2) is 24.3 Å². The Labute approximate surface area is 108 Å². The highest BCUT2D eigenvalue weighted by Crippen LogP contribution is 2.18. The van der Waals surface area contributed by atoms with Gasteiger partial charge in [-0.3, -0.25) is 0 Å². The maximum atomic E-state index is 5.88. The molecule has 0 aliphatic rings. The molecule has 3 nitrogen and oxygen atoms in total. The Kier molecular flexibility index (Phi) is 7.01. The van der Waals surface area contributed by atoms with Crippen LogP contribution in [0.2, 0.25) is 5.02 Å². The van der Waals surface area contributed by atoms with Gasteiger partial charge in [0.05, 0.1) is 0 Å². The van der Waals surface area contributed by atoms with Gasteiger partial charge in [0.15, 0.2) is 0 Å². The van der Waals surface area contributed by atoms with Crippen LogP contribution in [0.5, 0.6) is 5.75 Å². The lowest BCUT2D eigenvalue weighted by atomic mass is 10.3. The van der Waals surface area contributed by atoms with E-state index in [1.807, 2.05) is 31.2 Å². The second-order valence-corrected chi connectivity index (χ2v) is 4.37. The summed E-state index contributed by atoms with van der Waals surface area (Å²) >= 11 is 5.88. The Balaban J connectivity index is 2.18. The minimum absolute atomic E-state index is 0.121. The molecule has 96 valence electrons. The molecule has 0 amide bonds. The van der Waals surface area contributed by atoms with Crippen LogP contribution in [0.1, 0.15) is 13.3 Å². The van der Waals surface area contributed by atoms with Crippen molar-refractivity contribution in [1.82, 2.24) is 5.32 Å². The normalized spacial score (nSPS) is 12.4. The second kappa shape index (κ2) is 8.34. The average molecular weight is 258 g/mol. The van der Waals surface area contributed by atoms with Crippen molar-refractivity contribution in [2.45, 2.75) is 19.4 Å². The van der Waals surface area contributed by atoms with E-state index in [1.165, 1.54) is 0 Å². The largest absolute Gasteiger partial charge is 0.489 e. The summed E-state index contributed by atoms with van der Waals surface area (Å²) in [6, 6.07) is 7.45. The lowest BCUT2D eigenvalue weighted by Gasteiger charge is -2.15. The van der Waals surface area contributed by atoms with Gasteiger partial charge in [0.25, 0.3) is 0 Å². The first-order valence-corrected chi connectivity index (χ1v) is 6.22. The van der Waals surface area contributed by atoms with Gasteiger partial charge in [-0.05, 0) is 38.1 Å². The van der Waals surface area contributed by atoms with E-state index in [4.69, 9.17) is 21.1 Å². The van der Waals surface area contributed by atoms with Gasteiger partial charge in [-0.1, -0.05) is 17.7 Å². The van der Waals surface area contributed by atoms with Crippen LogP contribution in [0, 0.1) is 0 Å². The molecule has 17 heavy (non-hydrogen) atoms. The van der Waals surface area contributed by atoms with E-state index in [9.17, 15) is 0 Å². The zero-order valence-electron chi connectivity index (χ0n) is 10.4. The SMILES string of the molecule is COCCCNCC(C)Oc1cccc(Cl)c1. The number of hydrogen-bond donors (Lipinski definition) is 1. The molecule has 0 saturated heterocycles. The van der Waals surface area contributed by atoms with E-state index < -0.39 is 0 Å². The van der Waals surface area contributed by atoms with Gasteiger partial charge < -0.3 is 14.8 Å². The molecular weight excluding hydrogens is 238 g/mol. The number of benzene rings is 1. The quantitative estimate of drug-likeness (QED) is 0.727. The molecule has 1 N–H and O–H groups in total. The summed E-state index contributed by atoms with van der Waals surface area (Å²) < 4.78 is 10.7. The zero-order valence-corrected chi connectivity index (χ0v) is 11.2. The number of ether oxygens (including phenoxy) is 2. The molecule has 0 radical (unpaired) electrons. The van der Waals surface area contributed by atoms with Crippen LogP contribution in [0.4, 0.5) is 0 Å². The molecule has 0 bridgehead atoms. The maximum absolute atomic E-state index is 5.88. The molecule has 0 heterocycles. The minimum atomic E-state index is 0.121. The Bertz CT molecular complexity index is 320. The highest BCUT2D eigenvalue weighted by molar-refractivity contribution is 6.30. The van der Waals surface area contributed by atoms with Crippen molar-refractivity contribution in [1.29, 1.82) is 0 Å². The van der Waals surface area contributed by atoms with Crippen LogP contribution in [-0.4, -0.2) is 32.9 Å². The smallest absolute Gasteiger partial charge is 0.121 e. The molecule has 1 aromatic rings. The fourth-order valence-corrected chi connectivity index (χ4v) is 1.64. The summed E-state index contributed by atoms with van der Waals surface area (Å²) in [5.74, 6) is 0.809. The van der Waals surface area contributed by atoms with Crippen LogP contribution in [0.3, 0.4) is 0 Å². The second-order valence-electron chi connectivity index (χ2n) is 3.94. The van der Waals surface area contributed by atoms with Gasteiger partial charge in [0.2, 0.25) is 0 Å². The van der Waals surface area contributed by atoms with Gasteiger partial charge in [-0.15, -0.1) is 0 Å². The third-order valence-corrected chi connectivity index (χ3v) is 2.50. The van der Waals surface area contributed by atoms with Crippen molar-refractivity contribution in [2.75, 3.05) is 26.8 Å². The van der Waals surface area contributed by atoms with E-state index in [-0.39, 0.29) is 6.10 Å². The molecule has 4 heteroatoms. The lowest BCUT2D eigenvalue weighted by molar-refractivity contribution is 0.188. The summed E-state index contributed by atoms with van der Waals surface area (Å²) in [6.45, 7) is 4.58. The molecule has 1 rings (SSSR count). The van der Waals surface area contributed by atoms with Gasteiger partial charge in [0, 0.05) is 25.3 Å². The molecule has 1 atom stereocenters. The van der Waals surface area contributed by atoms with Crippen LogP contribution in [0.25, 0.3) is 0 Å². The van der Waals surface area contributed by atoms with Gasteiger partial charge >= 0.3 is 0 Å². The van der Waals surface area contributed by atoms with Gasteiger partial charge in [-0.25, -0.2) is 0 Å². The number of methoxy groups -OCH3 is 1. The fraction of sp³-hybridized carbons (Fsp3) is 0.538. The minimum Gasteiger partial charge on any atom is -0.489 e. The molecular formula is C13H20ClNO2. The number of nitrogens with one attached hydrogen (secondary N) is 1. The van der Waals surface area contributed by atoms with E-state index in [1.54, 1.807) is 7.11 Å². The van der Waals surface area contributed by atoms with Gasteiger partial charge in [-0.2, -0.15) is 0 Å². The Morgan fingerprint density at radius 3 is 2.94 bits per heavy atom. The Morgan fingerprint density at radius 2 is 2.24 bits per heavy atom. The van der Waals surface area contributed by atoms with E-state index >= 15 is 0 Å². The van der Waals surface area contributed by atoms with Crippen molar-refractivity contribution < 1.29 is 9.47 Å². The molecule has 1 aromatic carbocycles. The van der Waals surface area contributed by atoms with E-state index in [0.717, 1.165) is 31.9 Å². The van der Waals surface area contributed by atoms with E-state index in [0.29, 0.717) is 5.02 Å². The predicted molar refractivity (Wildman–Crippen MR) is 70.9 cm³/mol. The first-order valence-electron chi connectivity index (χ1n) is 5.84. The third kappa shape index (κ3) is 6.51. The molecule has 0 spiro atoms. The molecule has 0 fully saturated rings. The average Bonchev–Trinajstić information content (AvgIpc) is 2.29. The highest BCUT2D eigenvalue weighted by Gasteiger charge is 2.03. The van der Waals surface area contributed by atoms with Crippen molar-refractivity contribution in [2.24, 2.45) is 0 Å². The van der Waals surface area contributed by atoms with Crippen molar-refractivity contribution in [3.8, 4) is 5.75 Å². The predicted octanol–water partition coefficient (Wildman–Crippen LogP) is 2.73. The number of hydrogen-bond acceptors (Lipinski definition) is 3. The molecule has 0 aliphatic heterocycles. The molecule has 0 aromatic heterocycles. The number of rotatable bonds is 8. The summed E-state index contributed by atoms with van der Waals surface area (Å²) in [5, 5.41) is 4.01. The van der Waals surface area contributed by atoms with Crippen LogP contribution < -0.4 is 10.1 Å². The summed E-state index contributed by atoms with van der Waals surface area (Å²) in [6.07, 6.45) is 1.14. The third-order valence-electron chi connectivity index (χ3n) is 2.27. The van der Waals surface area contributed by atoms with Crippen molar-refractivity contribution in [3.05, 3.63) is 29.3 Å². The topological polar surface area (TPSA) is 30.5 Å². The number of halogens is 1. The first kappa shape index (κ1) is 14.3.